The van der Waals surface area contributed by atoms with Crippen LogP contribution in [0.15, 0.2) is 30.3 Å². The minimum Gasteiger partial charge on any atom is -0.480 e. The topological polar surface area (TPSA) is 87.2 Å². The molecule has 1 fully saturated rings. The molecule has 1 atom stereocenters. The van der Waals surface area contributed by atoms with Crippen LogP contribution in [0, 0.1) is 0 Å². The summed E-state index contributed by atoms with van der Waals surface area (Å²) in [6.45, 7) is 5.39. The van der Waals surface area contributed by atoms with Crippen molar-refractivity contribution < 1.29 is 24.2 Å². The highest BCUT2D eigenvalue weighted by Crippen LogP contribution is 2.17. The second kappa shape index (κ2) is 8.43. The standard InChI is InChI=1S/C19H23ClN2O5/c1-19(2,3)27-18(26)21-9-10-22(15(12-21)17(24)25)16(23)8-7-13-5-4-6-14(20)11-13/h4-8,11,15H,9-10,12H2,1-3H3,(H,24,25)/b8-7+. The number of piperazine rings is 1. The summed E-state index contributed by atoms with van der Waals surface area (Å²) in [5.41, 5.74) is 0.0535. The molecule has 146 valence electrons. The number of carboxylic acids is 1. The van der Waals surface area contributed by atoms with Gasteiger partial charge in [-0.1, -0.05) is 23.7 Å². The molecular formula is C19H23ClN2O5. The van der Waals surface area contributed by atoms with Gasteiger partial charge in [0.25, 0.3) is 0 Å². The van der Waals surface area contributed by atoms with Crippen molar-refractivity contribution in [1.82, 2.24) is 9.80 Å². The van der Waals surface area contributed by atoms with Crippen LogP contribution in [0.2, 0.25) is 5.02 Å². The van der Waals surface area contributed by atoms with E-state index in [0.29, 0.717) is 5.02 Å². The molecule has 0 spiro atoms. The van der Waals surface area contributed by atoms with Crippen molar-refractivity contribution in [2.24, 2.45) is 0 Å². The van der Waals surface area contributed by atoms with E-state index in [1.807, 2.05) is 0 Å². The number of benzene rings is 1. The maximum atomic E-state index is 12.5. The molecular weight excluding hydrogens is 372 g/mol. The zero-order chi connectivity index (χ0) is 20.2. The predicted octanol–water partition coefficient (Wildman–Crippen LogP) is 2.89. The number of amides is 2. The zero-order valence-electron chi connectivity index (χ0n) is 15.5. The van der Waals surface area contributed by atoms with Crippen LogP contribution < -0.4 is 0 Å². The lowest BCUT2D eigenvalue weighted by atomic mass is 10.1. The molecule has 0 aromatic heterocycles. The number of hydrogen-bond donors (Lipinski definition) is 1. The van der Waals surface area contributed by atoms with E-state index in [4.69, 9.17) is 16.3 Å². The predicted molar refractivity (Wildman–Crippen MR) is 101 cm³/mol. The molecule has 2 rings (SSSR count). The van der Waals surface area contributed by atoms with E-state index >= 15 is 0 Å². The van der Waals surface area contributed by atoms with Gasteiger partial charge < -0.3 is 19.6 Å². The molecule has 0 saturated carbocycles. The van der Waals surface area contributed by atoms with E-state index in [2.05, 4.69) is 0 Å². The monoisotopic (exact) mass is 394 g/mol. The minimum absolute atomic E-state index is 0.106. The van der Waals surface area contributed by atoms with Gasteiger partial charge in [-0.3, -0.25) is 4.79 Å². The van der Waals surface area contributed by atoms with Crippen molar-refractivity contribution in [2.45, 2.75) is 32.4 Å². The smallest absolute Gasteiger partial charge is 0.410 e. The van der Waals surface area contributed by atoms with E-state index in [0.717, 1.165) is 5.56 Å². The lowest BCUT2D eigenvalue weighted by molar-refractivity contribution is -0.151. The third kappa shape index (κ3) is 5.99. The fourth-order valence-electron chi connectivity index (χ4n) is 2.62. The normalized spacial score (nSPS) is 17.9. The maximum absolute atomic E-state index is 12.5. The van der Waals surface area contributed by atoms with Crippen LogP contribution in [-0.2, 0) is 14.3 Å². The van der Waals surface area contributed by atoms with Crippen molar-refractivity contribution in [3.63, 3.8) is 0 Å². The lowest BCUT2D eigenvalue weighted by Crippen LogP contribution is -2.59. The van der Waals surface area contributed by atoms with Crippen molar-refractivity contribution in [3.05, 3.63) is 40.9 Å². The fraction of sp³-hybridized carbons (Fsp3) is 0.421. The Morgan fingerprint density at radius 1 is 1.26 bits per heavy atom. The van der Waals surface area contributed by atoms with Gasteiger partial charge in [-0.05, 0) is 44.5 Å². The van der Waals surface area contributed by atoms with E-state index in [1.54, 1.807) is 51.1 Å². The summed E-state index contributed by atoms with van der Waals surface area (Å²) in [5.74, 6) is -1.61. The Labute approximate surface area is 163 Å². The average molecular weight is 395 g/mol. The molecule has 1 aromatic carbocycles. The Morgan fingerprint density at radius 2 is 1.96 bits per heavy atom. The van der Waals surface area contributed by atoms with E-state index < -0.39 is 29.6 Å². The van der Waals surface area contributed by atoms with Gasteiger partial charge in [-0.25, -0.2) is 9.59 Å². The molecule has 1 heterocycles. The molecule has 1 N–H and O–H groups in total. The average Bonchev–Trinajstić information content (AvgIpc) is 2.57. The molecule has 27 heavy (non-hydrogen) atoms. The molecule has 1 saturated heterocycles. The number of carbonyl (C=O) groups is 3. The SMILES string of the molecule is CC(C)(C)OC(=O)N1CCN(C(=O)/C=C/c2cccc(Cl)c2)C(C(=O)O)C1. The summed E-state index contributed by atoms with van der Waals surface area (Å²) in [6, 6.07) is 5.82. The van der Waals surface area contributed by atoms with Crippen molar-refractivity contribution in [2.75, 3.05) is 19.6 Å². The summed E-state index contributed by atoms with van der Waals surface area (Å²) in [5, 5.41) is 10.0. The van der Waals surface area contributed by atoms with Gasteiger partial charge >= 0.3 is 12.1 Å². The first-order chi connectivity index (χ1) is 12.6. The molecule has 1 aromatic rings. The first-order valence-corrected chi connectivity index (χ1v) is 8.89. The highest BCUT2D eigenvalue weighted by molar-refractivity contribution is 6.30. The van der Waals surface area contributed by atoms with Crippen molar-refractivity contribution in [1.29, 1.82) is 0 Å². The zero-order valence-corrected chi connectivity index (χ0v) is 16.3. The Morgan fingerprint density at radius 3 is 2.56 bits per heavy atom. The molecule has 2 amide bonds. The molecule has 8 heteroatoms. The number of hydrogen-bond acceptors (Lipinski definition) is 4. The van der Waals surface area contributed by atoms with Crippen LogP contribution in [-0.4, -0.2) is 64.2 Å². The van der Waals surface area contributed by atoms with E-state index in [1.165, 1.54) is 15.9 Å². The lowest BCUT2D eigenvalue weighted by Gasteiger charge is -2.39. The Kier molecular flexibility index (Phi) is 6.49. The van der Waals surface area contributed by atoms with Gasteiger partial charge in [0.05, 0.1) is 6.54 Å². The number of carbonyl (C=O) groups excluding carboxylic acids is 2. The fourth-order valence-corrected chi connectivity index (χ4v) is 2.82. The van der Waals surface area contributed by atoms with Gasteiger partial charge in [0.2, 0.25) is 5.91 Å². The van der Waals surface area contributed by atoms with Gasteiger partial charge in [0.1, 0.15) is 11.6 Å². The maximum Gasteiger partial charge on any atom is 0.410 e. The number of carboxylic acid groups (broad SMARTS) is 1. The summed E-state index contributed by atoms with van der Waals surface area (Å²) in [6.07, 6.45) is 2.30. The van der Waals surface area contributed by atoms with Crippen LogP contribution >= 0.6 is 11.6 Å². The molecule has 1 unspecified atom stereocenters. The van der Waals surface area contributed by atoms with Crippen molar-refractivity contribution in [3.8, 4) is 0 Å². The first-order valence-electron chi connectivity index (χ1n) is 8.52. The van der Waals surface area contributed by atoms with E-state index in [-0.39, 0.29) is 19.6 Å². The van der Waals surface area contributed by atoms with Crippen molar-refractivity contribution >= 4 is 35.6 Å². The number of ether oxygens (including phenoxy) is 1. The van der Waals surface area contributed by atoms with Crippen LogP contribution in [0.4, 0.5) is 4.79 Å². The summed E-state index contributed by atoms with van der Waals surface area (Å²) >= 11 is 5.91. The van der Waals surface area contributed by atoms with Gasteiger partial charge in [-0.2, -0.15) is 0 Å². The first kappa shape index (κ1) is 20.8. The van der Waals surface area contributed by atoms with Crippen LogP contribution in [0.5, 0.6) is 0 Å². The molecule has 1 aliphatic rings. The highest BCUT2D eigenvalue weighted by atomic mass is 35.5. The molecule has 0 bridgehead atoms. The summed E-state index contributed by atoms with van der Waals surface area (Å²) < 4.78 is 5.28. The minimum atomic E-state index is -1.17. The summed E-state index contributed by atoms with van der Waals surface area (Å²) in [7, 11) is 0. The molecule has 7 nitrogen and oxygen atoms in total. The van der Waals surface area contributed by atoms with Gasteiger partial charge in [0.15, 0.2) is 0 Å². The Balaban J connectivity index is 2.08. The molecule has 1 aliphatic heterocycles. The molecule has 0 aliphatic carbocycles. The largest absolute Gasteiger partial charge is 0.480 e. The number of rotatable bonds is 3. The third-order valence-corrected chi connectivity index (χ3v) is 4.10. The van der Waals surface area contributed by atoms with Crippen LogP contribution in [0.1, 0.15) is 26.3 Å². The second-order valence-corrected chi connectivity index (χ2v) is 7.64. The molecule has 0 radical (unpaired) electrons. The number of aliphatic carboxylic acids is 1. The van der Waals surface area contributed by atoms with Crippen LogP contribution in [0.25, 0.3) is 6.08 Å². The Hall–Kier alpha value is -2.54. The third-order valence-electron chi connectivity index (χ3n) is 3.87. The van der Waals surface area contributed by atoms with E-state index in [9.17, 15) is 19.5 Å². The van der Waals surface area contributed by atoms with Gasteiger partial charge in [0, 0.05) is 24.2 Å². The van der Waals surface area contributed by atoms with Crippen LogP contribution in [0.3, 0.4) is 0 Å². The second-order valence-electron chi connectivity index (χ2n) is 7.20. The number of halogens is 1. The highest BCUT2D eigenvalue weighted by Gasteiger charge is 2.37. The van der Waals surface area contributed by atoms with Gasteiger partial charge in [-0.15, -0.1) is 0 Å². The number of nitrogens with zero attached hydrogens (tertiary/aromatic N) is 2. The Bertz CT molecular complexity index is 757. The summed E-state index contributed by atoms with van der Waals surface area (Å²) in [4.78, 5) is 38.8. The quantitative estimate of drug-likeness (QED) is 0.796.